The Hall–Kier alpha value is -2.32. The number of methoxy groups -OCH3 is 1. The minimum absolute atomic E-state index is 0.00138. The summed E-state index contributed by atoms with van der Waals surface area (Å²) in [6, 6.07) is 7.01. The van der Waals surface area contributed by atoms with Crippen LogP contribution < -0.4 is 10.1 Å². The third kappa shape index (κ3) is 4.90. The lowest BCUT2D eigenvalue weighted by molar-refractivity contribution is -0.118. The van der Waals surface area contributed by atoms with Crippen molar-refractivity contribution in [2.24, 2.45) is 0 Å². The number of hydrogen-bond acceptors (Lipinski definition) is 5. The number of piperazine rings is 1. The molecule has 1 atom stereocenters. The molecule has 0 radical (unpaired) electrons. The SMILES string of the molecule is COc1ccccc1NC(=O)C[C@H]1COCCN1C(=O)N1CCN(C)CC1. The molecule has 0 spiro atoms. The average molecular weight is 376 g/mol. The summed E-state index contributed by atoms with van der Waals surface area (Å²) in [5.74, 6) is 0.447. The van der Waals surface area contributed by atoms with Crippen LogP contribution in [-0.4, -0.2) is 92.8 Å². The van der Waals surface area contributed by atoms with Crippen LogP contribution in [0.5, 0.6) is 5.75 Å². The maximum absolute atomic E-state index is 12.9. The van der Waals surface area contributed by atoms with E-state index in [1.54, 1.807) is 24.1 Å². The number of carbonyl (C=O) groups is 2. The molecular formula is C19H28N4O4. The van der Waals surface area contributed by atoms with Crippen LogP contribution in [0.1, 0.15) is 6.42 Å². The zero-order valence-corrected chi connectivity index (χ0v) is 16.0. The Kier molecular flexibility index (Phi) is 6.52. The number of nitrogens with zero attached hydrogens (tertiary/aromatic N) is 3. The van der Waals surface area contributed by atoms with E-state index in [0.29, 0.717) is 44.3 Å². The molecule has 3 rings (SSSR count). The first-order chi connectivity index (χ1) is 13.1. The van der Waals surface area contributed by atoms with Gasteiger partial charge in [0.15, 0.2) is 0 Å². The van der Waals surface area contributed by atoms with Crippen molar-refractivity contribution in [3.05, 3.63) is 24.3 Å². The molecule has 148 valence electrons. The summed E-state index contributed by atoms with van der Waals surface area (Å²) in [7, 11) is 3.62. The topological polar surface area (TPSA) is 74.3 Å². The monoisotopic (exact) mass is 376 g/mol. The molecule has 2 heterocycles. The number of likely N-dealkylation sites (N-methyl/N-ethyl adjacent to an activating group) is 1. The van der Waals surface area contributed by atoms with Crippen molar-refractivity contribution in [2.45, 2.75) is 12.5 Å². The van der Waals surface area contributed by atoms with Crippen LogP contribution in [0.2, 0.25) is 0 Å². The maximum Gasteiger partial charge on any atom is 0.320 e. The number of nitrogens with one attached hydrogen (secondary N) is 1. The van der Waals surface area contributed by atoms with Gasteiger partial charge in [0, 0.05) is 39.1 Å². The van der Waals surface area contributed by atoms with Crippen LogP contribution in [0, 0.1) is 0 Å². The molecule has 0 unspecified atom stereocenters. The van der Waals surface area contributed by atoms with E-state index in [0.717, 1.165) is 13.1 Å². The number of carbonyl (C=O) groups excluding carboxylic acids is 2. The van der Waals surface area contributed by atoms with E-state index in [1.807, 2.05) is 17.0 Å². The van der Waals surface area contributed by atoms with Crippen molar-refractivity contribution in [3.63, 3.8) is 0 Å². The second-order valence-corrected chi connectivity index (χ2v) is 6.95. The van der Waals surface area contributed by atoms with Crippen molar-refractivity contribution in [2.75, 3.05) is 65.4 Å². The van der Waals surface area contributed by atoms with Crippen LogP contribution in [0.15, 0.2) is 24.3 Å². The summed E-state index contributed by atoms with van der Waals surface area (Å²) in [6.45, 7) is 4.56. The molecule has 2 saturated heterocycles. The van der Waals surface area contributed by atoms with Gasteiger partial charge in [-0.05, 0) is 19.2 Å². The third-order valence-electron chi connectivity index (χ3n) is 5.05. The van der Waals surface area contributed by atoms with E-state index in [4.69, 9.17) is 9.47 Å². The van der Waals surface area contributed by atoms with E-state index in [2.05, 4.69) is 17.3 Å². The molecule has 2 aliphatic rings. The van der Waals surface area contributed by atoms with Crippen molar-refractivity contribution < 1.29 is 19.1 Å². The molecule has 1 aromatic rings. The van der Waals surface area contributed by atoms with Gasteiger partial charge in [-0.15, -0.1) is 0 Å². The van der Waals surface area contributed by atoms with E-state index < -0.39 is 0 Å². The van der Waals surface area contributed by atoms with Crippen LogP contribution >= 0.6 is 0 Å². The highest BCUT2D eigenvalue weighted by Crippen LogP contribution is 2.24. The van der Waals surface area contributed by atoms with Crippen molar-refractivity contribution in [1.82, 2.24) is 14.7 Å². The van der Waals surface area contributed by atoms with Crippen LogP contribution in [0.4, 0.5) is 10.5 Å². The summed E-state index contributed by atoms with van der Waals surface area (Å²) in [6.07, 6.45) is 0.192. The fourth-order valence-corrected chi connectivity index (χ4v) is 3.42. The van der Waals surface area contributed by atoms with Gasteiger partial charge in [-0.1, -0.05) is 12.1 Å². The zero-order chi connectivity index (χ0) is 19.2. The predicted octanol–water partition coefficient (Wildman–Crippen LogP) is 1.09. The Balaban J connectivity index is 1.61. The molecule has 8 heteroatoms. The van der Waals surface area contributed by atoms with E-state index >= 15 is 0 Å². The lowest BCUT2D eigenvalue weighted by Gasteiger charge is -2.41. The smallest absolute Gasteiger partial charge is 0.320 e. The highest BCUT2D eigenvalue weighted by atomic mass is 16.5. The van der Waals surface area contributed by atoms with Crippen LogP contribution in [0.25, 0.3) is 0 Å². The largest absolute Gasteiger partial charge is 0.495 e. The van der Waals surface area contributed by atoms with E-state index in [-0.39, 0.29) is 24.4 Å². The highest BCUT2D eigenvalue weighted by molar-refractivity contribution is 5.93. The van der Waals surface area contributed by atoms with Crippen molar-refractivity contribution in [3.8, 4) is 5.75 Å². The van der Waals surface area contributed by atoms with Gasteiger partial charge < -0.3 is 29.5 Å². The first-order valence-corrected chi connectivity index (χ1v) is 9.33. The second kappa shape index (κ2) is 9.05. The Bertz CT molecular complexity index is 661. The number of anilines is 1. The Morgan fingerprint density at radius 2 is 1.93 bits per heavy atom. The summed E-state index contributed by atoms with van der Waals surface area (Å²) < 4.78 is 10.8. The van der Waals surface area contributed by atoms with Gasteiger partial charge in [0.1, 0.15) is 5.75 Å². The van der Waals surface area contributed by atoms with Crippen molar-refractivity contribution in [1.29, 1.82) is 0 Å². The number of ether oxygens (including phenoxy) is 2. The normalized spacial score (nSPS) is 21.0. The van der Waals surface area contributed by atoms with Gasteiger partial charge in [-0.2, -0.15) is 0 Å². The zero-order valence-electron chi connectivity index (χ0n) is 16.0. The standard InChI is InChI=1S/C19H28N4O4/c1-21-7-9-22(10-8-21)19(25)23-11-12-27-14-15(23)13-18(24)20-16-5-3-4-6-17(16)26-2/h3-6,15H,7-14H2,1-2H3,(H,20,24)/t15-/m0/s1. The quantitative estimate of drug-likeness (QED) is 0.852. The molecule has 1 aromatic carbocycles. The lowest BCUT2D eigenvalue weighted by Crippen LogP contribution is -2.57. The molecule has 1 N–H and O–H groups in total. The summed E-state index contributed by atoms with van der Waals surface area (Å²) in [4.78, 5) is 31.4. The first-order valence-electron chi connectivity index (χ1n) is 9.33. The van der Waals surface area contributed by atoms with Crippen molar-refractivity contribution >= 4 is 17.6 Å². The summed E-state index contributed by atoms with van der Waals surface area (Å²) >= 11 is 0. The number of hydrogen-bond donors (Lipinski definition) is 1. The fourth-order valence-electron chi connectivity index (χ4n) is 3.42. The molecule has 27 heavy (non-hydrogen) atoms. The summed E-state index contributed by atoms with van der Waals surface area (Å²) in [5.41, 5.74) is 0.624. The molecule has 2 aliphatic heterocycles. The molecule has 3 amide bonds. The van der Waals surface area contributed by atoms with Gasteiger partial charge in [0.25, 0.3) is 0 Å². The van der Waals surface area contributed by atoms with Gasteiger partial charge in [-0.25, -0.2) is 4.79 Å². The maximum atomic E-state index is 12.9. The van der Waals surface area contributed by atoms with Gasteiger partial charge in [0.05, 0.1) is 32.1 Å². The van der Waals surface area contributed by atoms with Gasteiger partial charge in [0.2, 0.25) is 5.91 Å². The van der Waals surface area contributed by atoms with E-state index in [1.165, 1.54) is 0 Å². The molecule has 0 aliphatic carbocycles. The second-order valence-electron chi connectivity index (χ2n) is 6.95. The number of urea groups is 1. The number of rotatable bonds is 4. The van der Waals surface area contributed by atoms with E-state index in [9.17, 15) is 9.59 Å². The Morgan fingerprint density at radius 3 is 2.67 bits per heavy atom. The molecule has 0 saturated carbocycles. The Labute approximate surface area is 160 Å². The average Bonchev–Trinajstić information content (AvgIpc) is 2.69. The third-order valence-corrected chi connectivity index (χ3v) is 5.05. The molecule has 2 fully saturated rings. The molecule has 0 aromatic heterocycles. The Morgan fingerprint density at radius 1 is 1.19 bits per heavy atom. The number of amides is 3. The van der Waals surface area contributed by atoms with Gasteiger partial charge >= 0.3 is 6.03 Å². The van der Waals surface area contributed by atoms with Gasteiger partial charge in [-0.3, -0.25) is 4.79 Å². The number of morpholine rings is 1. The molecular weight excluding hydrogens is 348 g/mol. The minimum Gasteiger partial charge on any atom is -0.495 e. The molecule has 8 nitrogen and oxygen atoms in total. The minimum atomic E-state index is -0.263. The lowest BCUT2D eigenvalue weighted by atomic mass is 10.1. The van der Waals surface area contributed by atoms with Crippen LogP contribution in [-0.2, 0) is 9.53 Å². The highest BCUT2D eigenvalue weighted by Gasteiger charge is 2.33. The predicted molar refractivity (Wildman–Crippen MR) is 102 cm³/mol. The number of benzene rings is 1. The van der Waals surface area contributed by atoms with Crippen LogP contribution in [0.3, 0.4) is 0 Å². The number of para-hydroxylation sites is 2. The molecule has 0 bridgehead atoms. The first kappa shape index (κ1) is 19.4. The fraction of sp³-hybridized carbons (Fsp3) is 0.579. The summed E-state index contributed by atoms with van der Waals surface area (Å²) in [5, 5.41) is 2.88.